The van der Waals surface area contributed by atoms with Crippen molar-refractivity contribution < 1.29 is 14.3 Å². The summed E-state index contributed by atoms with van der Waals surface area (Å²) >= 11 is 0. The summed E-state index contributed by atoms with van der Waals surface area (Å²) in [5, 5.41) is 3.40. The number of hydrogen-bond donors (Lipinski definition) is 1. The summed E-state index contributed by atoms with van der Waals surface area (Å²) in [5.74, 6) is 0.778. The van der Waals surface area contributed by atoms with Gasteiger partial charge in [0.15, 0.2) is 0 Å². The number of carbonyl (C=O) groups is 1. The van der Waals surface area contributed by atoms with Crippen molar-refractivity contribution in [1.82, 2.24) is 0 Å². The molecule has 1 unspecified atom stereocenters. The summed E-state index contributed by atoms with van der Waals surface area (Å²) in [5.41, 5.74) is 2.27. The molecule has 1 aromatic carbocycles. The highest BCUT2D eigenvalue weighted by Crippen LogP contribution is 2.31. The van der Waals surface area contributed by atoms with Gasteiger partial charge in [-0.25, -0.2) is 0 Å². The van der Waals surface area contributed by atoms with Crippen LogP contribution in [0.3, 0.4) is 0 Å². The second-order valence-electron chi connectivity index (χ2n) is 4.79. The zero-order valence-electron chi connectivity index (χ0n) is 11.6. The molecule has 1 aliphatic rings. The molecular formula is C15H21NO3. The van der Waals surface area contributed by atoms with Crippen molar-refractivity contribution in [3.05, 3.63) is 23.8 Å². The molecule has 4 heteroatoms. The van der Waals surface area contributed by atoms with Crippen LogP contribution in [0.4, 0.5) is 5.69 Å². The molecule has 0 saturated heterocycles. The number of carbonyl (C=O) groups excluding carboxylic acids is 1. The first-order valence-electron chi connectivity index (χ1n) is 6.83. The van der Waals surface area contributed by atoms with Crippen LogP contribution in [-0.4, -0.2) is 25.7 Å². The van der Waals surface area contributed by atoms with E-state index in [-0.39, 0.29) is 12.1 Å². The van der Waals surface area contributed by atoms with Gasteiger partial charge in [0.25, 0.3) is 0 Å². The van der Waals surface area contributed by atoms with Gasteiger partial charge in [0.1, 0.15) is 11.9 Å². The number of benzene rings is 1. The smallest absolute Gasteiger partial charge is 0.305 e. The minimum Gasteiger partial charge on any atom is -0.486 e. The normalized spacial score (nSPS) is 17.1. The lowest BCUT2D eigenvalue weighted by atomic mass is 10.1. The largest absolute Gasteiger partial charge is 0.486 e. The van der Waals surface area contributed by atoms with Gasteiger partial charge in [-0.3, -0.25) is 4.79 Å². The van der Waals surface area contributed by atoms with Gasteiger partial charge in [-0.1, -0.05) is 13.0 Å². The van der Waals surface area contributed by atoms with Crippen molar-refractivity contribution in [2.45, 2.75) is 38.7 Å². The molecule has 1 atom stereocenters. The van der Waals surface area contributed by atoms with Crippen LogP contribution < -0.4 is 10.1 Å². The Morgan fingerprint density at radius 1 is 1.53 bits per heavy atom. The molecule has 19 heavy (non-hydrogen) atoms. The SMILES string of the molecule is CCC1CNc2cc(CCCC(=O)OC)ccc2O1. The fourth-order valence-electron chi connectivity index (χ4n) is 2.19. The molecule has 1 aromatic rings. The molecule has 0 bridgehead atoms. The molecule has 0 fully saturated rings. The van der Waals surface area contributed by atoms with Crippen LogP contribution in [0.25, 0.3) is 0 Å². The van der Waals surface area contributed by atoms with E-state index < -0.39 is 0 Å². The zero-order chi connectivity index (χ0) is 13.7. The third-order valence-corrected chi connectivity index (χ3v) is 3.39. The molecular weight excluding hydrogens is 242 g/mol. The molecule has 2 rings (SSSR count). The fraction of sp³-hybridized carbons (Fsp3) is 0.533. The highest BCUT2D eigenvalue weighted by molar-refractivity contribution is 5.69. The average Bonchev–Trinajstić information content (AvgIpc) is 2.46. The van der Waals surface area contributed by atoms with E-state index in [4.69, 9.17) is 4.74 Å². The Hall–Kier alpha value is -1.71. The van der Waals surface area contributed by atoms with E-state index in [9.17, 15) is 4.79 Å². The predicted molar refractivity (Wildman–Crippen MR) is 74.6 cm³/mol. The Labute approximate surface area is 114 Å². The molecule has 1 aliphatic heterocycles. The maximum Gasteiger partial charge on any atom is 0.305 e. The lowest BCUT2D eigenvalue weighted by molar-refractivity contribution is -0.140. The van der Waals surface area contributed by atoms with Gasteiger partial charge in [0, 0.05) is 6.42 Å². The summed E-state index contributed by atoms with van der Waals surface area (Å²) in [4.78, 5) is 11.0. The van der Waals surface area contributed by atoms with Crippen molar-refractivity contribution >= 4 is 11.7 Å². The first kappa shape index (κ1) is 13.7. The van der Waals surface area contributed by atoms with Gasteiger partial charge in [-0.2, -0.15) is 0 Å². The Balaban J connectivity index is 1.92. The number of methoxy groups -OCH3 is 1. The number of nitrogens with one attached hydrogen (secondary N) is 1. The molecule has 0 aliphatic carbocycles. The second-order valence-corrected chi connectivity index (χ2v) is 4.79. The summed E-state index contributed by atoms with van der Waals surface area (Å²) in [6.07, 6.45) is 3.42. The second kappa shape index (κ2) is 6.45. The predicted octanol–water partition coefficient (Wildman–Crippen LogP) is 2.77. The number of hydrogen-bond acceptors (Lipinski definition) is 4. The monoisotopic (exact) mass is 263 g/mol. The Morgan fingerprint density at radius 2 is 2.37 bits per heavy atom. The summed E-state index contributed by atoms with van der Waals surface area (Å²) in [6.45, 7) is 2.98. The Morgan fingerprint density at radius 3 is 3.11 bits per heavy atom. The minimum absolute atomic E-state index is 0.148. The van der Waals surface area contributed by atoms with Crippen LogP contribution in [0, 0.1) is 0 Å². The van der Waals surface area contributed by atoms with Gasteiger partial charge in [-0.15, -0.1) is 0 Å². The maximum absolute atomic E-state index is 11.0. The maximum atomic E-state index is 11.0. The molecule has 0 spiro atoms. The third kappa shape index (κ3) is 3.63. The highest BCUT2D eigenvalue weighted by atomic mass is 16.5. The molecule has 0 radical (unpaired) electrons. The third-order valence-electron chi connectivity index (χ3n) is 3.39. The lowest BCUT2D eigenvalue weighted by Crippen LogP contribution is -2.29. The van der Waals surface area contributed by atoms with Crippen molar-refractivity contribution in [2.75, 3.05) is 19.0 Å². The summed E-state index contributed by atoms with van der Waals surface area (Å²) in [7, 11) is 1.42. The molecule has 0 saturated carbocycles. The molecule has 4 nitrogen and oxygen atoms in total. The van der Waals surface area contributed by atoms with Crippen molar-refractivity contribution in [3.8, 4) is 5.75 Å². The summed E-state index contributed by atoms with van der Waals surface area (Å²) < 4.78 is 10.5. The number of aryl methyl sites for hydroxylation is 1. The van der Waals surface area contributed by atoms with Crippen molar-refractivity contribution in [1.29, 1.82) is 0 Å². The van der Waals surface area contributed by atoms with Gasteiger partial charge in [-0.05, 0) is 37.0 Å². The number of ether oxygens (including phenoxy) is 2. The Kier molecular flexibility index (Phi) is 4.66. The molecule has 0 amide bonds. The molecule has 104 valence electrons. The van der Waals surface area contributed by atoms with E-state index in [1.54, 1.807) is 0 Å². The van der Waals surface area contributed by atoms with E-state index >= 15 is 0 Å². The number of fused-ring (bicyclic) bond motifs is 1. The standard InChI is InChI=1S/C15H21NO3/c1-3-12-10-16-13-9-11(7-8-14(13)19-12)5-4-6-15(17)18-2/h7-9,12,16H,3-6,10H2,1-2H3. The van der Waals surface area contributed by atoms with Gasteiger partial charge < -0.3 is 14.8 Å². The molecule has 1 N–H and O–H groups in total. The topological polar surface area (TPSA) is 47.6 Å². The van der Waals surface area contributed by atoms with Crippen LogP contribution in [0.2, 0.25) is 0 Å². The first-order chi connectivity index (χ1) is 9.22. The quantitative estimate of drug-likeness (QED) is 0.830. The van der Waals surface area contributed by atoms with Crippen LogP contribution in [-0.2, 0) is 16.0 Å². The van der Waals surface area contributed by atoms with Crippen LogP contribution >= 0.6 is 0 Å². The zero-order valence-corrected chi connectivity index (χ0v) is 11.6. The molecule has 1 heterocycles. The van der Waals surface area contributed by atoms with E-state index in [1.807, 2.05) is 6.07 Å². The van der Waals surface area contributed by atoms with Crippen LogP contribution in [0.5, 0.6) is 5.75 Å². The van der Waals surface area contributed by atoms with Gasteiger partial charge >= 0.3 is 5.97 Å². The van der Waals surface area contributed by atoms with Crippen LogP contribution in [0.1, 0.15) is 31.7 Å². The van der Waals surface area contributed by atoms with Crippen molar-refractivity contribution in [3.63, 3.8) is 0 Å². The van der Waals surface area contributed by atoms with Crippen LogP contribution in [0.15, 0.2) is 18.2 Å². The minimum atomic E-state index is -0.148. The number of anilines is 1. The Bertz CT molecular complexity index is 445. The van der Waals surface area contributed by atoms with Crippen molar-refractivity contribution in [2.24, 2.45) is 0 Å². The van der Waals surface area contributed by atoms with E-state index in [0.29, 0.717) is 6.42 Å². The lowest BCUT2D eigenvalue weighted by Gasteiger charge is -2.27. The number of rotatable bonds is 5. The fourth-order valence-corrected chi connectivity index (χ4v) is 2.19. The average molecular weight is 263 g/mol. The van der Waals surface area contributed by atoms with Gasteiger partial charge in [0.2, 0.25) is 0 Å². The van der Waals surface area contributed by atoms with Gasteiger partial charge in [0.05, 0.1) is 19.3 Å². The number of esters is 1. The van der Waals surface area contributed by atoms with E-state index in [2.05, 4.69) is 29.1 Å². The molecule has 0 aromatic heterocycles. The summed E-state index contributed by atoms with van der Waals surface area (Å²) in [6, 6.07) is 6.19. The van der Waals surface area contributed by atoms with E-state index in [0.717, 1.165) is 37.2 Å². The van der Waals surface area contributed by atoms with E-state index in [1.165, 1.54) is 12.7 Å². The highest BCUT2D eigenvalue weighted by Gasteiger charge is 2.17. The first-order valence-corrected chi connectivity index (χ1v) is 6.83.